The zero-order chi connectivity index (χ0) is 17.1. The summed E-state index contributed by atoms with van der Waals surface area (Å²) in [5.74, 6) is 1.66. The number of hydrogen-bond acceptors (Lipinski definition) is 4. The molecule has 0 spiro atoms. The molecule has 2 heterocycles. The summed E-state index contributed by atoms with van der Waals surface area (Å²) in [5, 5.41) is 0. The summed E-state index contributed by atoms with van der Waals surface area (Å²) < 4.78 is 11.9. The lowest BCUT2D eigenvalue weighted by Gasteiger charge is -2.27. The van der Waals surface area contributed by atoms with E-state index in [0.717, 1.165) is 31.1 Å². The number of rotatable bonds is 3. The highest BCUT2D eigenvalue weighted by Crippen LogP contribution is 2.35. The molecule has 4 heteroatoms. The van der Waals surface area contributed by atoms with E-state index in [0.29, 0.717) is 6.61 Å². The average Bonchev–Trinajstić information content (AvgIpc) is 2.86. The minimum atomic E-state index is -0.0317. The Hall–Kier alpha value is -2.04. The van der Waals surface area contributed by atoms with E-state index < -0.39 is 0 Å². The number of benzene rings is 2. The third-order valence-electron chi connectivity index (χ3n) is 5.08. The van der Waals surface area contributed by atoms with Crippen molar-refractivity contribution >= 4 is 0 Å². The monoisotopic (exact) mass is 338 g/mol. The van der Waals surface area contributed by atoms with E-state index in [4.69, 9.17) is 9.47 Å². The smallest absolute Gasteiger partial charge is 0.162 e. The van der Waals surface area contributed by atoms with Crippen LogP contribution in [0.3, 0.4) is 0 Å². The van der Waals surface area contributed by atoms with Gasteiger partial charge in [-0.1, -0.05) is 36.4 Å². The molecule has 1 atom stereocenters. The van der Waals surface area contributed by atoms with Crippen molar-refractivity contribution in [1.29, 1.82) is 0 Å². The van der Waals surface area contributed by atoms with E-state index >= 15 is 0 Å². The SMILES string of the molecule is CN1CCCN(Cc2ccc(C3COc4ccccc4O3)cc2)CC1. The van der Waals surface area contributed by atoms with Crippen LogP contribution in [0.2, 0.25) is 0 Å². The van der Waals surface area contributed by atoms with Crippen LogP contribution in [0.4, 0.5) is 0 Å². The Bertz CT molecular complexity index is 701. The molecule has 132 valence electrons. The molecule has 1 saturated heterocycles. The molecular formula is C21H26N2O2. The molecule has 4 nitrogen and oxygen atoms in total. The second kappa shape index (κ2) is 7.46. The Morgan fingerprint density at radius 3 is 2.56 bits per heavy atom. The minimum Gasteiger partial charge on any atom is -0.485 e. The van der Waals surface area contributed by atoms with Crippen LogP contribution in [0.5, 0.6) is 11.5 Å². The van der Waals surface area contributed by atoms with Crippen molar-refractivity contribution in [3.8, 4) is 11.5 Å². The first kappa shape index (κ1) is 16.4. The molecule has 0 aliphatic carbocycles. The molecule has 2 aliphatic rings. The summed E-state index contributed by atoms with van der Waals surface area (Å²) in [6.45, 7) is 6.28. The summed E-state index contributed by atoms with van der Waals surface area (Å²) in [6, 6.07) is 16.7. The van der Waals surface area contributed by atoms with E-state index in [9.17, 15) is 0 Å². The van der Waals surface area contributed by atoms with Gasteiger partial charge in [0.05, 0.1) is 0 Å². The van der Waals surface area contributed by atoms with E-state index in [-0.39, 0.29) is 6.10 Å². The van der Waals surface area contributed by atoms with E-state index in [1.165, 1.54) is 30.6 Å². The number of ether oxygens (including phenoxy) is 2. The molecule has 1 fully saturated rings. The van der Waals surface area contributed by atoms with Crippen LogP contribution >= 0.6 is 0 Å². The lowest BCUT2D eigenvalue weighted by Crippen LogP contribution is -2.28. The molecule has 0 saturated carbocycles. The topological polar surface area (TPSA) is 24.9 Å². The van der Waals surface area contributed by atoms with Crippen molar-refractivity contribution in [3.63, 3.8) is 0 Å². The lowest BCUT2D eigenvalue weighted by atomic mass is 10.1. The molecule has 1 unspecified atom stereocenters. The van der Waals surface area contributed by atoms with Crippen molar-refractivity contribution in [2.45, 2.75) is 19.1 Å². The standard InChI is InChI=1S/C21H26N2O2/c1-22-11-4-12-23(14-13-22)15-17-7-9-18(10-8-17)21-16-24-19-5-2-3-6-20(19)25-21/h2-3,5-10,21H,4,11-16H2,1H3. The van der Waals surface area contributed by atoms with Gasteiger partial charge in [0.1, 0.15) is 6.61 Å². The van der Waals surface area contributed by atoms with Crippen LogP contribution < -0.4 is 9.47 Å². The summed E-state index contributed by atoms with van der Waals surface area (Å²) >= 11 is 0. The second-order valence-corrected chi connectivity index (χ2v) is 7.04. The van der Waals surface area contributed by atoms with Gasteiger partial charge in [0.2, 0.25) is 0 Å². The van der Waals surface area contributed by atoms with Gasteiger partial charge in [-0.15, -0.1) is 0 Å². The number of para-hydroxylation sites is 2. The Labute approximate surface area is 150 Å². The molecule has 0 N–H and O–H groups in total. The number of nitrogens with zero attached hydrogens (tertiary/aromatic N) is 2. The third kappa shape index (κ3) is 3.97. The number of fused-ring (bicyclic) bond motifs is 1. The van der Waals surface area contributed by atoms with Crippen LogP contribution in [-0.2, 0) is 6.54 Å². The Morgan fingerprint density at radius 1 is 0.920 bits per heavy atom. The highest BCUT2D eigenvalue weighted by molar-refractivity contribution is 5.41. The number of likely N-dealkylation sites (N-methyl/N-ethyl adjacent to an activating group) is 1. The van der Waals surface area contributed by atoms with Gasteiger partial charge >= 0.3 is 0 Å². The van der Waals surface area contributed by atoms with E-state index in [1.807, 2.05) is 24.3 Å². The summed E-state index contributed by atoms with van der Waals surface area (Å²) in [7, 11) is 2.21. The van der Waals surface area contributed by atoms with Crippen molar-refractivity contribution in [2.75, 3.05) is 39.8 Å². The highest BCUT2D eigenvalue weighted by Gasteiger charge is 2.22. The maximum Gasteiger partial charge on any atom is 0.162 e. The Kier molecular flexibility index (Phi) is 4.90. The van der Waals surface area contributed by atoms with Crippen molar-refractivity contribution in [2.24, 2.45) is 0 Å². The first-order valence-electron chi connectivity index (χ1n) is 9.16. The van der Waals surface area contributed by atoms with Gasteiger partial charge in [-0.25, -0.2) is 0 Å². The Morgan fingerprint density at radius 2 is 1.72 bits per heavy atom. The quantitative estimate of drug-likeness (QED) is 0.857. The van der Waals surface area contributed by atoms with Crippen LogP contribution in [0.1, 0.15) is 23.7 Å². The van der Waals surface area contributed by atoms with Gasteiger partial charge in [0.15, 0.2) is 17.6 Å². The van der Waals surface area contributed by atoms with Gasteiger partial charge in [0, 0.05) is 19.6 Å². The van der Waals surface area contributed by atoms with Gasteiger partial charge in [-0.2, -0.15) is 0 Å². The van der Waals surface area contributed by atoms with Crippen LogP contribution in [-0.4, -0.2) is 49.6 Å². The molecule has 25 heavy (non-hydrogen) atoms. The van der Waals surface area contributed by atoms with Crippen molar-refractivity contribution in [3.05, 3.63) is 59.7 Å². The summed E-state index contributed by atoms with van der Waals surface area (Å²) in [5.41, 5.74) is 2.54. The second-order valence-electron chi connectivity index (χ2n) is 7.04. The lowest BCUT2D eigenvalue weighted by molar-refractivity contribution is 0.0913. The molecule has 0 radical (unpaired) electrons. The van der Waals surface area contributed by atoms with Crippen molar-refractivity contribution in [1.82, 2.24) is 9.80 Å². The highest BCUT2D eigenvalue weighted by atomic mass is 16.6. The fraction of sp³-hybridized carbons (Fsp3) is 0.429. The average molecular weight is 338 g/mol. The van der Waals surface area contributed by atoms with E-state index in [2.05, 4.69) is 41.1 Å². The molecular weight excluding hydrogens is 312 g/mol. The first-order chi connectivity index (χ1) is 12.3. The van der Waals surface area contributed by atoms with E-state index in [1.54, 1.807) is 0 Å². The van der Waals surface area contributed by atoms with Crippen LogP contribution in [0, 0.1) is 0 Å². The fourth-order valence-electron chi connectivity index (χ4n) is 3.54. The molecule has 2 aromatic rings. The molecule has 0 amide bonds. The Balaban J connectivity index is 1.39. The molecule has 2 aliphatic heterocycles. The van der Waals surface area contributed by atoms with Gasteiger partial charge < -0.3 is 14.4 Å². The minimum absolute atomic E-state index is 0.0317. The normalized spacial score (nSPS) is 21.7. The number of hydrogen-bond donors (Lipinski definition) is 0. The zero-order valence-electron chi connectivity index (χ0n) is 14.9. The molecule has 0 aromatic heterocycles. The van der Waals surface area contributed by atoms with Crippen LogP contribution in [0.25, 0.3) is 0 Å². The van der Waals surface area contributed by atoms with Crippen LogP contribution in [0.15, 0.2) is 48.5 Å². The molecule has 0 bridgehead atoms. The molecule has 2 aromatic carbocycles. The largest absolute Gasteiger partial charge is 0.485 e. The predicted molar refractivity (Wildman–Crippen MR) is 99.1 cm³/mol. The van der Waals surface area contributed by atoms with Gasteiger partial charge in [-0.3, -0.25) is 4.90 Å². The maximum absolute atomic E-state index is 6.10. The predicted octanol–water partition coefficient (Wildman–Crippen LogP) is 3.34. The third-order valence-corrected chi connectivity index (χ3v) is 5.08. The van der Waals surface area contributed by atoms with Crippen molar-refractivity contribution < 1.29 is 9.47 Å². The fourth-order valence-corrected chi connectivity index (χ4v) is 3.54. The van der Waals surface area contributed by atoms with Gasteiger partial charge in [0.25, 0.3) is 0 Å². The zero-order valence-corrected chi connectivity index (χ0v) is 14.9. The summed E-state index contributed by atoms with van der Waals surface area (Å²) in [4.78, 5) is 4.97. The molecule has 4 rings (SSSR count). The van der Waals surface area contributed by atoms with Gasteiger partial charge in [-0.05, 0) is 49.8 Å². The summed E-state index contributed by atoms with van der Waals surface area (Å²) in [6.07, 6.45) is 1.22. The first-order valence-corrected chi connectivity index (χ1v) is 9.16. The maximum atomic E-state index is 6.10.